The number of aryl methyl sites for hydroxylation is 3. The summed E-state index contributed by atoms with van der Waals surface area (Å²) < 4.78 is 7.56. The van der Waals surface area contributed by atoms with Gasteiger partial charge in [0.15, 0.2) is 0 Å². The average Bonchev–Trinajstić information content (AvgIpc) is 2.82. The van der Waals surface area contributed by atoms with Crippen LogP contribution in [0.15, 0.2) is 24.7 Å². The van der Waals surface area contributed by atoms with Crippen LogP contribution in [0.3, 0.4) is 0 Å². The van der Waals surface area contributed by atoms with Gasteiger partial charge in [0.25, 0.3) is 0 Å². The molecule has 2 aromatic rings. The van der Waals surface area contributed by atoms with Crippen molar-refractivity contribution in [3.8, 4) is 5.75 Å². The van der Waals surface area contributed by atoms with E-state index in [4.69, 9.17) is 4.74 Å². The second kappa shape index (κ2) is 6.09. The number of imidazole rings is 1. The Balaban J connectivity index is 2.54. The molecule has 0 fully saturated rings. The Bertz CT molecular complexity index is 589. The zero-order chi connectivity index (χ0) is 14.7. The van der Waals surface area contributed by atoms with Crippen molar-refractivity contribution in [2.75, 3.05) is 13.7 Å². The number of nitrogens with zero attached hydrogens (tertiary/aromatic N) is 2. The van der Waals surface area contributed by atoms with Crippen molar-refractivity contribution >= 4 is 0 Å². The molecule has 0 bridgehead atoms. The lowest BCUT2D eigenvalue weighted by Crippen LogP contribution is -2.24. The fourth-order valence-corrected chi connectivity index (χ4v) is 2.62. The Morgan fingerprint density at radius 1 is 1.35 bits per heavy atom. The van der Waals surface area contributed by atoms with Crippen molar-refractivity contribution in [3.63, 3.8) is 0 Å². The molecule has 0 saturated heterocycles. The van der Waals surface area contributed by atoms with Gasteiger partial charge in [0.05, 0.1) is 25.2 Å². The summed E-state index contributed by atoms with van der Waals surface area (Å²) in [7, 11) is 3.71. The third-order valence-electron chi connectivity index (χ3n) is 3.43. The number of hydrogen-bond donors (Lipinski definition) is 1. The lowest BCUT2D eigenvalue weighted by atomic mass is 9.96. The smallest absolute Gasteiger partial charge is 0.124 e. The van der Waals surface area contributed by atoms with Gasteiger partial charge < -0.3 is 14.6 Å². The molecule has 4 heteroatoms. The van der Waals surface area contributed by atoms with Crippen LogP contribution in [0.25, 0.3) is 0 Å². The van der Waals surface area contributed by atoms with E-state index in [0.29, 0.717) is 0 Å². The van der Waals surface area contributed by atoms with E-state index in [0.717, 1.165) is 18.0 Å². The molecule has 0 amide bonds. The molecule has 0 aliphatic carbocycles. The number of benzene rings is 1. The molecule has 20 heavy (non-hydrogen) atoms. The Morgan fingerprint density at radius 2 is 2.10 bits per heavy atom. The van der Waals surface area contributed by atoms with Crippen LogP contribution in [0.1, 0.15) is 35.3 Å². The summed E-state index contributed by atoms with van der Waals surface area (Å²) in [6.45, 7) is 7.18. The van der Waals surface area contributed by atoms with E-state index in [1.807, 2.05) is 24.1 Å². The van der Waals surface area contributed by atoms with Crippen molar-refractivity contribution in [2.45, 2.75) is 26.8 Å². The molecule has 1 unspecified atom stereocenters. The zero-order valence-electron chi connectivity index (χ0n) is 12.9. The highest BCUT2D eigenvalue weighted by atomic mass is 16.5. The molecule has 0 aliphatic heterocycles. The zero-order valence-corrected chi connectivity index (χ0v) is 12.9. The van der Waals surface area contributed by atoms with E-state index in [9.17, 15) is 0 Å². The van der Waals surface area contributed by atoms with E-state index in [-0.39, 0.29) is 6.04 Å². The van der Waals surface area contributed by atoms with Gasteiger partial charge in [0.1, 0.15) is 5.75 Å². The minimum atomic E-state index is 0.0525. The molecular formula is C16H23N3O. The Labute approximate surface area is 120 Å². The van der Waals surface area contributed by atoms with Gasteiger partial charge in [0.2, 0.25) is 0 Å². The van der Waals surface area contributed by atoms with Crippen molar-refractivity contribution in [3.05, 3.63) is 47.0 Å². The summed E-state index contributed by atoms with van der Waals surface area (Å²) in [5.74, 6) is 0.916. The Kier molecular flexibility index (Phi) is 4.45. The molecule has 1 aromatic carbocycles. The van der Waals surface area contributed by atoms with Gasteiger partial charge in [-0.1, -0.05) is 13.0 Å². The maximum absolute atomic E-state index is 5.59. The first-order valence-electron chi connectivity index (χ1n) is 6.93. The van der Waals surface area contributed by atoms with Gasteiger partial charge in [-0.15, -0.1) is 0 Å². The van der Waals surface area contributed by atoms with E-state index in [1.54, 1.807) is 7.11 Å². The van der Waals surface area contributed by atoms with Crippen LogP contribution in [0, 0.1) is 13.8 Å². The van der Waals surface area contributed by atoms with Crippen LogP contribution in [-0.4, -0.2) is 23.2 Å². The lowest BCUT2D eigenvalue weighted by molar-refractivity contribution is 0.403. The highest BCUT2D eigenvalue weighted by Gasteiger charge is 2.22. The summed E-state index contributed by atoms with van der Waals surface area (Å²) in [6, 6.07) is 4.32. The largest absolute Gasteiger partial charge is 0.496 e. The highest BCUT2D eigenvalue weighted by molar-refractivity contribution is 5.47. The summed E-state index contributed by atoms with van der Waals surface area (Å²) in [6.07, 6.45) is 3.88. The van der Waals surface area contributed by atoms with E-state index in [1.165, 1.54) is 16.7 Å². The first kappa shape index (κ1) is 14.6. The summed E-state index contributed by atoms with van der Waals surface area (Å²) >= 11 is 0. The second-order valence-corrected chi connectivity index (χ2v) is 5.15. The first-order valence-corrected chi connectivity index (χ1v) is 6.93. The predicted octanol–water partition coefficient (Wildman–Crippen LogP) is 2.74. The summed E-state index contributed by atoms with van der Waals surface area (Å²) in [5, 5.41) is 3.51. The van der Waals surface area contributed by atoms with Crippen molar-refractivity contribution in [1.82, 2.24) is 14.9 Å². The van der Waals surface area contributed by atoms with E-state index in [2.05, 4.69) is 43.2 Å². The number of methoxy groups -OCH3 is 1. The third kappa shape index (κ3) is 2.85. The number of rotatable bonds is 5. The predicted molar refractivity (Wildman–Crippen MR) is 81.2 cm³/mol. The topological polar surface area (TPSA) is 39.1 Å². The number of hydrogen-bond acceptors (Lipinski definition) is 3. The molecule has 1 heterocycles. The molecule has 2 rings (SSSR count). The third-order valence-corrected chi connectivity index (χ3v) is 3.43. The number of ether oxygens (including phenoxy) is 1. The van der Waals surface area contributed by atoms with Gasteiger partial charge in [-0.2, -0.15) is 0 Å². The van der Waals surface area contributed by atoms with Crippen molar-refractivity contribution in [1.29, 1.82) is 0 Å². The van der Waals surface area contributed by atoms with Crippen LogP contribution < -0.4 is 10.1 Å². The molecule has 1 N–H and O–H groups in total. The second-order valence-electron chi connectivity index (χ2n) is 5.15. The van der Waals surface area contributed by atoms with Gasteiger partial charge in [-0.25, -0.2) is 4.98 Å². The van der Waals surface area contributed by atoms with Crippen LogP contribution in [0.2, 0.25) is 0 Å². The molecule has 1 atom stereocenters. The summed E-state index contributed by atoms with van der Waals surface area (Å²) in [4.78, 5) is 4.49. The van der Waals surface area contributed by atoms with Crippen LogP contribution >= 0.6 is 0 Å². The van der Waals surface area contributed by atoms with E-state index < -0.39 is 0 Å². The number of aromatic nitrogens is 2. The molecule has 0 aliphatic rings. The SMILES string of the molecule is CCNC(c1cn(C)cn1)c1c(C)cc(C)cc1OC. The van der Waals surface area contributed by atoms with Gasteiger partial charge in [0, 0.05) is 18.8 Å². The lowest BCUT2D eigenvalue weighted by Gasteiger charge is -2.22. The average molecular weight is 273 g/mol. The maximum atomic E-state index is 5.59. The quantitative estimate of drug-likeness (QED) is 0.910. The number of nitrogens with one attached hydrogen (secondary N) is 1. The summed E-state index contributed by atoms with van der Waals surface area (Å²) in [5.41, 5.74) is 4.61. The van der Waals surface area contributed by atoms with Gasteiger partial charge in [-0.3, -0.25) is 0 Å². The van der Waals surface area contributed by atoms with Crippen molar-refractivity contribution < 1.29 is 4.74 Å². The fourth-order valence-electron chi connectivity index (χ4n) is 2.62. The molecular weight excluding hydrogens is 250 g/mol. The molecule has 0 radical (unpaired) electrons. The van der Waals surface area contributed by atoms with Crippen molar-refractivity contribution in [2.24, 2.45) is 7.05 Å². The van der Waals surface area contributed by atoms with Crippen LogP contribution in [0.5, 0.6) is 5.75 Å². The highest BCUT2D eigenvalue weighted by Crippen LogP contribution is 2.33. The monoisotopic (exact) mass is 273 g/mol. The maximum Gasteiger partial charge on any atom is 0.124 e. The minimum Gasteiger partial charge on any atom is -0.496 e. The molecule has 0 spiro atoms. The Morgan fingerprint density at radius 3 is 2.65 bits per heavy atom. The Hall–Kier alpha value is -1.81. The van der Waals surface area contributed by atoms with E-state index >= 15 is 0 Å². The molecule has 0 saturated carbocycles. The molecule has 108 valence electrons. The van der Waals surface area contributed by atoms with Crippen LogP contribution in [0.4, 0.5) is 0 Å². The molecule has 1 aromatic heterocycles. The van der Waals surface area contributed by atoms with Crippen LogP contribution in [-0.2, 0) is 7.05 Å². The first-order chi connectivity index (χ1) is 9.56. The molecule has 4 nitrogen and oxygen atoms in total. The van der Waals surface area contributed by atoms with Gasteiger partial charge >= 0.3 is 0 Å². The normalized spacial score (nSPS) is 12.4. The fraction of sp³-hybridized carbons (Fsp3) is 0.438. The standard InChI is InChI=1S/C16H23N3O/c1-6-17-16(13-9-19(4)10-18-13)15-12(3)7-11(2)8-14(15)20-5/h7-10,16-17H,6H2,1-5H3. The minimum absolute atomic E-state index is 0.0525. The van der Waals surface area contributed by atoms with Gasteiger partial charge in [-0.05, 0) is 37.6 Å².